The normalized spacial score (nSPS) is 20.6. The largest absolute Gasteiger partial charge is 0.335 e. The molecule has 0 aromatic carbocycles. The van der Waals surface area contributed by atoms with Crippen molar-refractivity contribution in [2.75, 3.05) is 33.2 Å². The highest BCUT2D eigenvalue weighted by Crippen LogP contribution is 2.31. The van der Waals surface area contributed by atoms with Gasteiger partial charge < -0.3 is 9.80 Å². The molecule has 1 aliphatic heterocycles. The Labute approximate surface area is 106 Å². The molecule has 0 unspecified atom stereocenters. The number of nitrogens with zero attached hydrogens (tertiary/aromatic N) is 2. The number of carbonyl (C=O) groups is 1. The first-order valence-corrected chi connectivity index (χ1v) is 7.15. The SMILES string of the molecule is CN1CCN(C(=O)c2cc3c(s2)CCC3)CC1. The maximum Gasteiger partial charge on any atom is 0.264 e. The van der Waals surface area contributed by atoms with E-state index in [0.717, 1.165) is 31.1 Å². The van der Waals surface area contributed by atoms with Crippen molar-refractivity contribution in [3.63, 3.8) is 0 Å². The Morgan fingerprint density at radius 1 is 1.24 bits per heavy atom. The summed E-state index contributed by atoms with van der Waals surface area (Å²) in [5.41, 5.74) is 1.42. The molecule has 0 N–H and O–H groups in total. The lowest BCUT2D eigenvalue weighted by atomic mass is 10.2. The minimum Gasteiger partial charge on any atom is -0.335 e. The van der Waals surface area contributed by atoms with E-state index in [1.165, 1.54) is 29.7 Å². The number of fused-ring (bicyclic) bond motifs is 1. The van der Waals surface area contributed by atoms with E-state index in [2.05, 4.69) is 18.0 Å². The zero-order valence-corrected chi connectivity index (χ0v) is 11.1. The number of likely N-dealkylation sites (N-methyl/N-ethyl adjacent to an activating group) is 1. The summed E-state index contributed by atoms with van der Waals surface area (Å²) >= 11 is 1.72. The predicted octanol–water partition coefficient (Wildman–Crippen LogP) is 1.62. The van der Waals surface area contributed by atoms with Crippen LogP contribution in [0.25, 0.3) is 0 Å². The number of hydrogen-bond donors (Lipinski definition) is 0. The van der Waals surface area contributed by atoms with Gasteiger partial charge in [-0.2, -0.15) is 0 Å². The number of hydrogen-bond acceptors (Lipinski definition) is 3. The summed E-state index contributed by atoms with van der Waals surface area (Å²) < 4.78 is 0. The molecule has 0 atom stereocenters. The number of aryl methyl sites for hydroxylation is 2. The van der Waals surface area contributed by atoms with Crippen molar-refractivity contribution in [3.8, 4) is 0 Å². The van der Waals surface area contributed by atoms with E-state index >= 15 is 0 Å². The van der Waals surface area contributed by atoms with Gasteiger partial charge in [0, 0.05) is 31.1 Å². The second-order valence-electron chi connectivity index (χ2n) is 5.01. The maximum atomic E-state index is 12.3. The molecule has 2 aliphatic rings. The van der Waals surface area contributed by atoms with E-state index < -0.39 is 0 Å². The zero-order valence-electron chi connectivity index (χ0n) is 10.2. The van der Waals surface area contributed by atoms with Crippen molar-refractivity contribution in [3.05, 3.63) is 21.4 Å². The molecule has 0 radical (unpaired) electrons. The van der Waals surface area contributed by atoms with Gasteiger partial charge in [0.2, 0.25) is 0 Å². The molecular weight excluding hydrogens is 232 g/mol. The van der Waals surface area contributed by atoms with Crippen molar-refractivity contribution in [1.29, 1.82) is 0 Å². The lowest BCUT2D eigenvalue weighted by Gasteiger charge is -2.32. The number of piperazine rings is 1. The monoisotopic (exact) mass is 250 g/mol. The van der Waals surface area contributed by atoms with E-state index in [4.69, 9.17) is 0 Å². The molecule has 1 aromatic heterocycles. The van der Waals surface area contributed by atoms with Crippen LogP contribution in [0.5, 0.6) is 0 Å². The first-order chi connectivity index (χ1) is 8.24. The van der Waals surface area contributed by atoms with Crippen LogP contribution in [0, 0.1) is 0 Å². The third kappa shape index (κ3) is 2.11. The van der Waals surface area contributed by atoms with Crippen molar-refractivity contribution in [2.24, 2.45) is 0 Å². The molecule has 0 saturated carbocycles. The average molecular weight is 250 g/mol. The van der Waals surface area contributed by atoms with Crippen LogP contribution in [-0.2, 0) is 12.8 Å². The number of carbonyl (C=O) groups excluding carboxylic acids is 1. The molecule has 2 heterocycles. The molecule has 92 valence electrons. The van der Waals surface area contributed by atoms with Gasteiger partial charge in [-0.25, -0.2) is 0 Å². The molecule has 3 rings (SSSR count). The fourth-order valence-corrected chi connectivity index (χ4v) is 3.82. The fourth-order valence-electron chi connectivity index (χ4n) is 2.60. The van der Waals surface area contributed by atoms with Gasteiger partial charge in [0.25, 0.3) is 5.91 Å². The van der Waals surface area contributed by atoms with Crippen LogP contribution in [-0.4, -0.2) is 48.9 Å². The van der Waals surface area contributed by atoms with Crippen LogP contribution in [0.3, 0.4) is 0 Å². The van der Waals surface area contributed by atoms with Crippen molar-refractivity contribution < 1.29 is 4.79 Å². The van der Waals surface area contributed by atoms with Crippen LogP contribution < -0.4 is 0 Å². The molecule has 17 heavy (non-hydrogen) atoms. The molecule has 1 aliphatic carbocycles. The van der Waals surface area contributed by atoms with E-state index in [0.29, 0.717) is 0 Å². The molecule has 0 bridgehead atoms. The van der Waals surface area contributed by atoms with Crippen LogP contribution in [0.2, 0.25) is 0 Å². The summed E-state index contributed by atoms with van der Waals surface area (Å²) in [5.74, 6) is 0.248. The van der Waals surface area contributed by atoms with Gasteiger partial charge in [-0.3, -0.25) is 4.79 Å². The molecule has 1 fully saturated rings. The summed E-state index contributed by atoms with van der Waals surface area (Å²) in [4.78, 5) is 19.0. The standard InChI is InChI=1S/C13H18N2OS/c1-14-5-7-15(8-6-14)13(16)12-9-10-3-2-4-11(10)17-12/h9H,2-8H2,1H3. The van der Waals surface area contributed by atoms with Gasteiger partial charge in [-0.05, 0) is 37.9 Å². The lowest BCUT2D eigenvalue weighted by Crippen LogP contribution is -2.46. The first-order valence-electron chi connectivity index (χ1n) is 6.33. The average Bonchev–Trinajstić information content (AvgIpc) is 2.89. The second kappa shape index (κ2) is 4.42. The highest BCUT2D eigenvalue weighted by molar-refractivity contribution is 7.14. The molecule has 4 heteroatoms. The number of rotatable bonds is 1. The zero-order chi connectivity index (χ0) is 11.8. The van der Waals surface area contributed by atoms with Crippen LogP contribution >= 0.6 is 11.3 Å². The Balaban J connectivity index is 1.73. The highest BCUT2D eigenvalue weighted by Gasteiger charge is 2.24. The predicted molar refractivity (Wildman–Crippen MR) is 69.7 cm³/mol. The molecule has 1 aromatic rings. The molecule has 0 spiro atoms. The highest BCUT2D eigenvalue weighted by atomic mass is 32.1. The first kappa shape index (κ1) is 11.2. The minimum atomic E-state index is 0.248. The Hall–Kier alpha value is -0.870. The molecular formula is C13H18N2OS. The minimum absolute atomic E-state index is 0.248. The summed E-state index contributed by atoms with van der Waals surface area (Å²) in [7, 11) is 2.11. The van der Waals surface area contributed by atoms with Crippen LogP contribution in [0.15, 0.2) is 6.07 Å². The van der Waals surface area contributed by atoms with Gasteiger partial charge in [-0.1, -0.05) is 0 Å². The Morgan fingerprint density at radius 2 is 2.00 bits per heavy atom. The van der Waals surface area contributed by atoms with E-state index in [1.807, 2.05) is 4.90 Å². The summed E-state index contributed by atoms with van der Waals surface area (Å²) in [6.07, 6.45) is 3.61. The van der Waals surface area contributed by atoms with Crippen LogP contribution in [0.4, 0.5) is 0 Å². The van der Waals surface area contributed by atoms with Crippen LogP contribution in [0.1, 0.15) is 26.5 Å². The van der Waals surface area contributed by atoms with E-state index in [-0.39, 0.29) is 5.91 Å². The third-order valence-corrected chi connectivity index (χ3v) is 4.97. The fraction of sp³-hybridized carbons (Fsp3) is 0.615. The quantitative estimate of drug-likeness (QED) is 0.756. The van der Waals surface area contributed by atoms with Crippen molar-refractivity contribution in [1.82, 2.24) is 9.80 Å². The van der Waals surface area contributed by atoms with Crippen molar-refractivity contribution in [2.45, 2.75) is 19.3 Å². The summed E-state index contributed by atoms with van der Waals surface area (Å²) in [5, 5.41) is 0. The molecule has 3 nitrogen and oxygen atoms in total. The Morgan fingerprint density at radius 3 is 2.71 bits per heavy atom. The molecule has 1 saturated heterocycles. The lowest BCUT2D eigenvalue weighted by molar-refractivity contribution is 0.0669. The Bertz CT molecular complexity index is 411. The van der Waals surface area contributed by atoms with Gasteiger partial charge >= 0.3 is 0 Å². The number of amides is 1. The van der Waals surface area contributed by atoms with Gasteiger partial charge in [-0.15, -0.1) is 11.3 Å². The molecule has 1 amide bonds. The van der Waals surface area contributed by atoms with Gasteiger partial charge in [0.1, 0.15) is 0 Å². The summed E-state index contributed by atoms with van der Waals surface area (Å²) in [6, 6.07) is 2.13. The van der Waals surface area contributed by atoms with Gasteiger partial charge in [0.15, 0.2) is 0 Å². The van der Waals surface area contributed by atoms with Crippen molar-refractivity contribution >= 4 is 17.2 Å². The Kier molecular flexibility index (Phi) is 2.92. The maximum absolute atomic E-state index is 12.3. The topological polar surface area (TPSA) is 23.6 Å². The third-order valence-electron chi connectivity index (χ3n) is 3.75. The van der Waals surface area contributed by atoms with E-state index in [9.17, 15) is 4.79 Å². The summed E-state index contributed by atoms with van der Waals surface area (Å²) in [6.45, 7) is 3.74. The second-order valence-corrected chi connectivity index (χ2v) is 6.14. The van der Waals surface area contributed by atoms with E-state index in [1.54, 1.807) is 11.3 Å². The number of thiophene rings is 1. The smallest absolute Gasteiger partial charge is 0.264 e. The van der Waals surface area contributed by atoms with Gasteiger partial charge in [0.05, 0.1) is 4.88 Å².